The lowest BCUT2D eigenvalue weighted by Crippen LogP contribution is -2.16. The molecule has 0 saturated carbocycles. The summed E-state index contributed by atoms with van der Waals surface area (Å²) in [6, 6.07) is 10.9. The number of aromatic amines is 1. The van der Waals surface area contributed by atoms with Gasteiger partial charge >= 0.3 is 6.18 Å². The highest BCUT2D eigenvalue weighted by molar-refractivity contribution is 8.01. The van der Waals surface area contributed by atoms with Gasteiger partial charge in [0.15, 0.2) is 0 Å². The molecule has 1 aromatic heterocycles. The van der Waals surface area contributed by atoms with Crippen LogP contribution in [0.3, 0.4) is 0 Å². The van der Waals surface area contributed by atoms with Crippen molar-refractivity contribution in [2.75, 3.05) is 11.8 Å². The highest BCUT2D eigenvalue weighted by Gasteiger charge is 2.33. The molecule has 1 unspecified atom stereocenters. The molecule has 5 nitrogen and oxygen atoms in total. The zero-order valence-corrected chi connectivity index (χ0v) is 14.9. The van der Waals surface area contributed by atoms with Crippen molar-refractivity contribution in [2.45, 2.75) is 11.1 Å². The number of hydrogen-bond donors (Lipinski definition) is 2. The van der Waals surface area contributed by atoms with E-state index < -0.39 is 27.0 Å². The maximum Gasteiger partial charge on any atom is 0.417 e. The lowest BCUT2D eigenvalue weighted by Gasteiger charge is -2.17. The first-order valence-corrected chi connectivity index (χ1v) is 9.37. The standard InChI is InChI=1S/C18H15F3N2O3S/c1-26-16-6-4-3-5-15(16)23-27(2,25)11-7-8-14-12(9-11)13(18(19,20)21)10-17(24)22-14/h3-10H,2H2,1H3,(H,22,24)(H,23,25). The van der Waals surface area contributed by atoms with Crippen LogP contribution >= 0.6 is 0 Å². The minimum atomic E-state index is -4.73. The van der Waals surface area contributed by atoms with E-state index in [-0.39, 0.29) is 15.8 Å². The van der Waals surface area contributed by atoms with Gasteiger partial charge in [0, 0.05) is 17.0 Å². The first kappa shape index (κ1) is 18.8. The van der Waals surface area contributed by atoms with Crippen LogP contribution in [0.1, 0.15) is 5.56 Å². The summed E-state index contributed by atoms with van der Waals surface area (Å²) < 4.78 is 60.9. The Morgan fingerprint density at radius 3 is 2.52 bits per heavy atom. The molecule has 2 N–H and O–H groups in total. The van der Waals surface area contributed by atoms with Crippen molar-refractivity contribution in [3.05, 3.63) is 64.4 Å². The van der Waals surface area contributed by atoms with Crippen molar-refractivity contribution in [3.63, 3.8) is 0 Å². The minimum Gasteiger partial charge on any atom is -0.495 e. The number of anilines is 1. The first-order valence-electron chi connectivity index (χ1n) is 7.64. The van der Waals surface area contributed by atoms with E-state index in [2.05, 4.69) is 15.6 Å². The number of rotatable bonds is 4. The van der Waals surface area contributed by atoms with Gasteiger partial charge in [-0.2, -0.15) is 13.2 Å². The summed E-state index contributed by atoms with van der Waals surface area (Å²) in [5.74, 6) is 4.05. The van der Waals surface area contributed by atoms with E-state index in [4.69, 9.17) is 4.74 Å². The summed E-state index contributed by atoms with van der Waals surface area (Å²) in [7, 11) is -1.76. The Balaban J connectivity index is 2.14. The predicted octanol–water partition coefficient (Wildman–Crippen LogP) is 3.66. The molecule has 142 valence electrons. The van der Waals surface area contributed by atoms with Crippen LogP contribution in [0.2, 0.25) is 0 Å². The highest BCUT2D eigenvalue weighted by Crippen LogP contribution is 2.34. The molecular formula is C18H15F3N2O3S. The highest BCUT2D eigenvalue weighted by atomic mass is 32.2. The molecule has 3 aromatic rings. The van der Waals surface area contributed by atoms with Crippen LogP contribution < -0.4 is 15.0 Å². The summed E-state index contributed by atoms with van der Waals surface area (Å²) in [5.41, 5.74) is -1.59. The van der Waals surface area contributed by atoms with E-state index in [1.165, 1.54) is 19.2 Å². The van der Waals surface area contributed by atoms with Crippen molar-refractivity contribution >= 4 is 32.2 Å². The molecule has 1 heterocycles. The second-order valence-electron chi connectivity index (χ2n) is 5.73. The van der Waals surface area contributed by atoms with Crippen molar-refractivity contribution in [1.82, 2.24) is 4.98 Å². The summed E-state index contributed by atoms with van der Waals surface area (Å²) >= 11 is 0. The minimum absolute atomic E-state index is 0.00827. The van der Waals surface area contributed by atoms with Crippen LogP contribution in [-0.4, -0.2) is 22.2 Å². The molecule has 0 radical (unpaired) electrons. The van der Waals surface area contributed by atoms with Crippen LogP contribution in [0.5, 0.6) is 5.75 Å². The summed E-state index contributed by atoms with van der Waals surface area (Å²) in [6.07, 6.45) is -4.73. The maximum atomic E-state index is 13.3. The van der Waals surface area contributed by atoms with Gasteiger partial charge in [-0.1, -0.05) is 12.1 Å². The molecule has 0 aliphatic carbocycles. The predicted molar refractivity (Wildman–Crippen MR) is 99.7 cm³/mol. The Morgan fingerprint density at radius 1 is 1.15 bits per heavy atom. The molecule has 2 aromatic carbocycles. The molecule has 0 fully saturated rings. The van der Waals surface area contributed by atoms with Gasteiger partial charge in [0.2, 0.25) is 5.56 Å². The van der Waals surface area contributed by atoms with Crippen LogP contribution in [0.25, 0.3) is 10.9 Å². The molecular weight excluding hydrogens is 381 g/mol. The fourth-order valence-corrected chi connectivity index (χ4v) is 3.88. The monoisotopic (exact) mass is 396 g/mol. The van der Waals surface area contributed by atoms with E-state index in [1.807, 2.05) is 0 Å². The lowest BCUT2D eigenvalue weighted by molar-refractivity contribution is -0.136. The Bertz CT molecular complexity index is 1170. The molecule has 0 saturated heterocycles. The number of methoxy groups -OCH3 is 1. The number of ether oxygens (including phenoxy) is 1. The molecule has 0 aliphatic heterocycles. The van der Waals surface area contributed by atoms with Gasteiger partial charge in [-0.15, -0.1) is 0 Å². The second kappa shape index (κ2) is 6.66. The van der Waals surface area contributed by atoms with Crippen LogP contribution in [0.15, 0.2) is 58.2 Å². The topological polar surface area (TPSA) is 71.2 Å². The fourth-order valence-electron chi connectivity index (χ4n) is 2.64. The fraction of sp³-hybridized carbons (Fsp3) is 0.111. The molecule has 0 amide bonds. The van der Waals surface area contributed by atoms with Gasteiger partial charge in [-0.05, 0) is 36.2 Å². The Morgan fingerprint density at radius 2 is 1.85 bits per heavy atom. The van der Waals surface area contributed by atoms with E-state index in [0.29, 0.717) is 17.5 Å². The van der Waals surface area contributed by atoms with Crippen molar-refractivity contribution in [2.24, 2.45) is 0 Å². The third kappa shape index (κ3) is 3.77. The second-order valence-corrected chi connectivity index (χ2v) is 7.76. The zero-order valence-electron chi connectivity index (χ0n) is 14.1. The molecule has 0 aliphatic rings. The van der Waals surface area contributed by atoms with E-state index in [1.54, 1.807) is 24.3 Å². The SMILES string of the molecule is C=S(=O)(Nc1ccccc1OC)c1ccc2[nH]c(=O)cc(C(F)(F)F)c2c1. The summed E-state index contributed by atoms with van der Waals surface area (Å²) in [6.45, 7) is 0. The molecule has 9 heteroatoms. The number of benzene rings is 2. The van der Waals surface area contributed by atoms with Gasteiger partial charge in [0.25, 0.3) is 0 Å². The molecule has 0 bridgehead atoms. The smallest absolute Gasteiger partial charge is 0.417 e. The molecule has 27 heavy (non-hydrogen) atoms. The molecule has 3 rings (SSSR count). The van der Waals surface area contributed by atoms with Gasteiger partial charge in [-0.25, -0.2) is 4.21 Å². The largest absolute Gasteiger partial charge is 0.495 e. The van der Waals surface area contributed by atoms with Gasteiger partial charge < -0.3 is 14.4 Å². The van der Waals surface area contributed by atoms with Crippen LogP contribution in [-0.2, 0) is 15.9 Å². The number of hydrogen-bond acceptors (Lipinski definition) is 3. The number of H-pyrrole nitrogens is 1. The van der Waals surface area contributed by atoms with Crippen molar-refractivity contribution < 1.29 is 22.1 Å². The van der Waals surface area contributed by atoms with Crippen LogP contribution in [0, 0.1) is 0 Å². The van der Waals surface area contributed by atoms with Crippen molar-refractivity contribution in [3.8, 4) is 5.75 Å². The number of alkyl halides is 3. The zero-order chi connectivity index (χ0) is 19.8. The lowest BCUT2D eigenvalue weighted by atomic mass is 10.1. The van der Waals surface area contributed by atoms with E-state index in [9.17, 15) is 22.2 Å². The quantitative estimate of drug-likeness (QED) is 0.662. The first-order chi connectivity index (χ1) is 12.6. The third-order valence-corrected chi connectivity index (χ3v) is 5.45. The molecule has 0 spiro atoms. The number of pyridine rings is 1. The Labute approximate surface area is 152 Å². The van der Waals surface area contributed by atoms with Crippen LogP contribution in [0.4, 0.5) is 18.9 Å². The summed E-state index contributed by atoms with van der Waals surface area (Å²) in [5, 5.41) is -0.266. The average molecular weight is 396 g/mol. The number of nitrogens with one attached hydrogen (secondary N) is 2. The van der Waals surface area contributed by atoms with E-state index >= 15 is 0 Å². The normalized spacial score (nSPS) is 13.9. The molecule has 1 atom stereocenters. The number of fused-ring (bicyclic) bond motifs is 1. The third-order valence-electron chi connectivity index (χ3n) is 3.88. The Hall–Kier alpha value is -2.94. The average Bonchev–Trinajstić information content (AvgIpc) is 2.60. The summed E-state index contributed by atoms with van der Waals surface area (Å²) in [4.78, 5) is 13.9. The number of para-hydroxylation sites is 2. The van der Waals surface area contributed by atoms with Crippen molar-refractivity contribution in [1.29, 1.82) is 0 Å². The van der Waals surface area contributed by atoms with Gasteiger partial charge in [0.1, 0.15) is 5.75 Å². The van der Waals surface area contributed by atoms with Gasteiger partial charge in [-0.3, -0.25) is 4.79 Å². The van der Waals surface area contributed by atoms with E-state index in [0.717, 1.165) is 6.07 Å². The number of halogens is 3. The Kier molecular flexibility index (Phi) is 4.64. The number of aromatic nitrogens is 1. The van der Waals surface area contributed by atoms with Gasteiger partial charge in [0.05, 0.1) is 33.0 Å². The maximum absolute atomic E-state index is 13.3.